The van der Waals surface area contributed by atoms with Crippen molar-refractivity contribution in [2.75, 3.05) is 11.9 Å². The first-order chi connectivity index (χ1) is 11.0. The van der Waals surface area contributed by atoms with Gasteiger partial charge < -0.3 is 15.8 Å². The monoisotopic (exact) mass is 350 g/mol. The molecule has 6 nitrogen and oxygen atoms in total. The van der Waals surface area contributed by atoms with Gasteiger partial charge in [-0.1, -0.05) is 0 Å². The maximum Gasteiger partial charge on any atom is 0.348 e. The smallest absolute Gasteiger partial charge is 0.348 e. The fraction of sp³-hybridized carbons (Fsp3) is 0.267. The van der Waals surface area contributed by atoms with Crippen molar-refractivity contribution in [2.24, 2.45) is 5.73 Å². The predicted octanol–water partition coefficient (Wildman–Crippen LogP) is 2.19. The summed E-state index contributed by atoms with van der Waals surface area (Å²) in [6, 6.07) is 3.37. The first-order valence-electron chi connectivity index (χ1n) is 7.00. The van der Waals surface area contributed by atoms with Gasteiger partial charge in [0.1, 0.15) is 9.88 Å². The zero-order valence-corrected chi connectivity index (χ0v) is 13.7. The van der Waals surface area contributed by atoms with Crippen LogP contribution in [0.4, 0.5) is 5.00 Å². The van der Waals surface area contributed by atoms with Crippen LogP contribution in [0.25, 0.3) is 0 Å². The van der Waals surface area contributed by atoms with E-state index in [1.165, 1.54) is 39.2 Å². The molecular weight excluding hydrogens is 336 g/mol. The molecule has 3 N–H and O–H groups in total. The number of nitrogens with two attached hydrogens (primary N) is 1. The molecule has 0 fully saturated rings. The van der Waals surface area contributed by atoms with Crippen LogP contribution in [-0.2, 0) is 22.4 Å². The number of fused-ring (bicyclic) bond motifs is 1. The first kappa shape index (κ1) is 15.7. The Morgan fingerprint density at radius 1 is 1.30 bits per heavy atom. The lowest BCUT2D eigenvalue weighted by Crippen LogP contribution is -2.22. The molecule has 1 aliphatic carbocycles. The summed E-state index contributed by atoms with van der Waals surface area (Å²) in [5.74, 6) is -1.63. The predicted molar refractivity (Wildman–Crippen MR) is 88.1 cm³/mol. The summed E-state index contributed by atoms with van der Waals surface area (Å²) in [6.07, 6.45) is 3.12. The summed E-state index contributed by atoms with van der Waals surface area (Å²) in [4.78, 5) is 36.7. The molecule has 1 aliphatic rings. The van der Waals surface area contributed by atoms with Gasteiger partial charge in [-0.25, -0.2) is 4.79 Å². The molecule has 0 radical (unpaired) electrons. The van der Waals surface area contributed by atoms with Gasteiger partial charge in [0.15, 0.2) is 6.61 Å². The second-order valence-electron chi connectivity index (χ2n) is 5.06. The third-order valence-electron chi connectivity index (χ3n) is 3.47. The van der Waals surface area contributed by atoms with E-state index in [9.17, 15) is 14.4 Å². The van der Waals surface area contributed by atoms with Crippen molar-refractivity contribution in [1.29, 1.82) is 0 Å². The van der Waals surface area contributed by atoms with E-state index in [0.29, 0.717) is 9.88 Å². The lowest BCUT2D eigenvalue weighted by Gasteiger charge is -2.05. The van der Waals surface area contributed by atoms with Crippen LogP contribution in [0.1, 0.15) is 36.9 Å². The molecule has 0 aliphatic heterocycles. The van der Waals surface area contributed by atoms with Crippen molar-refractivity contribution >= 4 is 45.5 Å². The number of thiophene rings is 2. The quantitative estimate of drug-likeness (QED) is 0.808. The molecule has 2 aromatic rings. The van der Waals surface area contributed by atoms with Crippen molar-refractivity contribution in [3.05, 3.63) is 38.4 Å². The van der Waals surface area contributed by atoms with Crippen molar-refractivity contribution in [3.8, 4) is 0 Å². The summed E-state index contributed by atoms with van der Waals surface area (Å²) in [7, 11) is 0. The Labute approximate surface area is 140 Å². The van der Waals surface area contributed by atoms with Crippen molar-refractivity contribution in [3.63, 3.8) is 0 Å². The number of amides is 2. The topological polar surface area (TPSA) is 98.5 Å². The highest BCUT2D eigenvalue weighted by atomic mass is 32.1. The van der Waals surface area contributed by atoms with Crippen LogP contribution in [-0.4, -0.2) is 24.4 Å². The zero-order valence-electron chi connectivity index (χ0n) is 12.1. The Morgan fingerprint density at radius 2 is 2.13 bits per heavy atom. The number of hydrogen-bond acceptors (Lipinski definition) is 6. The Kier molecular flexibility index (Phi) is 4.44. The lowest BCUT2D eigenvalue weighted by atomic mass is 10.2. The number of carbonyl (C=O) groups excluding carboxylic acids is 3. The summed E-state index contributed by atoms with van der Waals surface area (Å²) >= 11 is 2.61. The molecule has 120 valence electrons. The van der Waals surface area contributed by atoms with E-state index in [1.54, 1.807) is 5.38 Å². The minimum Gasteiger partial charge on any atom is -0.451 e. The SMILES string of the molecule is NC(=O)c1ccsc1NC(=O)COC(=O)c1cc2c(s1)CCC2. The molecule has 0 saturated heterocycles. The highest BCUT2D eigenvalue weighted by Gasteiger charge is 2.20. The van der Waals surface area contributed by atoms with Gasteiger partial charge in [-0.2, -0.15) is 0 Å². The highest BCUT2D eigenvalue weighted by Crippen LogP contribution is 2.31. The van der Waals surface area contributed by atoms with Crippen LogP contribution >= 0.6 is 22.7 Å². The number of anilines is 1. The molecular formula is C15H14N2O4S2. The van der Waals surface area contributed by atoms with Crippen LogP contribution in [0.3, 0.4) is 0 Å². The summed E-state index contributed by atoms with van der Waals surface area (Å²) in [5, 5.41) is 4.53. The molecule has 8 heteroatoms. The molecule has 2 heterocycles. The van der Waals surface area contributed by atoms with Crippen molar-refractivity contribution in [2.45, 2.75) is 19.3 Å². The van der Waals surface area contributed by atoms with E-state index >= 15 is 0 Å². The van der Waals surface area contributed by atoms with Crippen LogP contribution in [0.2, 0.25) is 0 Å². The molecule has 0 bridgehead atoms. The Bertz CT molecular complexity index is 757. The second-order valence-corrected chi connectivity index (χ2v) is 7.12. The number of aryl methyl sites for hydroxylation is 2. The molecule has 2 aromatic heterocycles. The molecule has 23 heavy (non-hydrogen) atoms. The lowest BCUT2D eigenvalue weighted by molar-refractivity contribution is -0.119. The maximum absolute atomic E-state index is 12.0. The van der Waals surface area contributed by atoms with Gasteiger partial charge in [0.05, 0.1) is 5.56 Å². The minimum atomic E-state index is -0.619. The molecule has 0 atom stereocenters. The zero-order chi connectivity index (χ0) is 16.4. The minimum absolute atomic E-state index is 0.240. The molecule has 2 amide bonds. The Hall–Kier alpha value is -2.19. The standard InChI is InChI=1S/C15H14N2O4S2/c16-13(19)9-4-5-22-14(9)17-12(18)7-21-15(20)11-6-8-2-1-3-10(8)23-11/h4-6H,1-3,7H2,(H2,16,19)(H,17,18). The summed E-state index contributed by atoms with van der Waals surface area (Å²) in [5.41, 5.74) is 6.65. The molecule has 0 unspecified atom stereocenters. The van der Waals surface area contributed by atoms with Crippen molar-refractivity contribution in [1.82, 2.24) is 0 Å². The fourth-order valence-corrected chi connectivity index (χ4v) is 4.35. The third-order valence-corrected chi connectivity index (χ3v) is 5.51. The Morgan fingerprint density at radius 3 is 2.87 bits per heavy atom. The number of ether oxygens (including phenoxy) is 1. The van der Waals surface area contributed by atoms with Gasteiger partial charge in [0.25, 0.3) is 11.8 Å². The van der Waals surface area contributed by atoms with Gasteiger partial charge in [-0.3, -0.25) is 9.59 Å². The Balaban J connectivity index is 1.55. The van der Waals surface area contributed by atoms with Crippen LogP contribution in [0, 0.1) is 0 Å². The average molecular weight is 350 g/mol. The van der Waals surface area contributed by atoms with E-state index in [0.717, 1.165) is 19.3 Å². The van der Waals surface area contributed by atoms with Crippen molar-refractivity contribution < 1.29 is 19.1 Å². The average Bonchev–Trinajstić information content (AvgIpc) is 3.19. The van der Waals surface area contributed by atoms with E-state index in [4.69, 9.17) is 10.5 Å². The van der Waals surface area contributed by atoms with E-state index in [-0.39, 0.29) is 5.56 Å². The van der Waals surface area contributed by atoms with E-state index in [1.807, 2.05) is 6.07 Å². The van der Waals surface area contributed by atoms with Gasteiger partial charge in [0, 0.05) is 4.88 Å². The summed E-state index contributed by atoms with van der Waals surface area (Å²) in [6.45, 7) is -0.405. The maximum atomic E-state index is 12.0. The third kappa shape index (κ3) is 3.43. The second kappa shape index (κ2) is 6.51. The van der Waals surface area contributed by atoms with Crippen LogP contribution in [0.15, 0.2) is 17.5 Å². The normalized spacial score (nSPS) is 12.7. The number of hydrogen-bond donors (Lipinski definition) is 2. The van der Waals surface area contributed by atoms with Crippen LogP contribution in [0.5, 0.6) is 0 Å². The molecule has 3 rings (SSSR count). The van der Waals surface area contributed by atoms with Gasteiger partial charge in [-0.15, -0.1) is 22.7 Å². The van der Waals surface area contributed by atoms with E-state index in [2.05, 4.69) is 5.32 Å². The molecule has 0 spiro atoms. The van der Waals surface area contributed by atoms with Gasteiger partial charge in [0.2, 0.25) is 0 Å². The fourth-order valence-electron chi connectivity index (χ4n) is 2.39. The largest absolute Gasteiger partial charge is 0.451 e. The van der Waals surface area contributed by atoms with E-state index < -0.39 is 24.4 Å². The highest BCUT2D eigenvalue weighted by molar-refractivity contribution is 7.15. The molecule has 0 aromatic carbocycles. The molecule has 0 saturated carbocycles. The number of rotatable bonds is 5. The summed E-state index contributed by atoms with van der Waals surface area (Å²) < 4.78 is 5.02. The van der Waals surface area contributed by atoms with Crippen LogP contribution < -0.4 is 11.1 Å². The number of nitrogens with one attached hydrogen (secondary N) is 1. The van der Waals surface area contributed by atoms with Gasteiger partial charge >= 0.3 is 5.97 Å². The number of esters is 1. The number of primary amides is 1. The number of carbonyl (C=O) groups is 3. The van der Waals surface area contributed by atoms with Gasteiger partial charge in [-0.05, 0) is 42.3 Å². The first-order valence-corrected chi connectivity index (χ1v) is 8.70.